The van der Waals surface area contributed by atoms with Crippen molar-refractivity contribution in [3.8, 4) is 0 Å². The summed E-state index contributed by atoms with van der Waals surface area (Å²) in [6.45, 7) is 0.559. The van der Waals surface area contributed by atoms with Crippen LogP contribution in [0, 0.1) is 0 Å². The highest BCUT2D eigenvalue weighted by Gasteiger charge is 2.29. The predicted octanol–water partition coefficient (Wildman–Crippen LogP) is 3.69. The van der Waals surface area contributed by atoms with E-state index in [-0.39, 0.29) is 30.8 Å². The van der Waals surface area contributed by atoms with Gasteiger partial charge in [-0.25, -0.2) is 4.79 Å². The second kappa shape index (κ2) is 9.92. The Labute approximate surface area is 187 Å². The van der Waals surface area contributed by atoms with E-state index in [2.05, 4.69) is 34.9 Å². The van der Waals surface area contributed by atoms with Crippen LogP contribution in [-0.4, -0.2) is 35.8 Å². The van der Waals surface area contributed by atoms with Crippen molar-refractivity contribution in [3.63, 3.8) is 0 Å². The molecule has 0 radical (unpaired) electrons. The van der Waals surface area contributed by atoms with E-state index in [1.807, 2.05) is 36.4 Å². The zero-order valence-corrected chi connectivity index (χ0v) is 17.7. The normalized spacial score (nSPS) is 13.3. The van der Waals surface area contributed by atoms with Crippen LogP contribution in [0.4, 0.5) is 4.79 Å². The van der Waals surface area contributed by atoms with E-state index in [1.165, 1.54) is 11.1 Å². The number of hydrogen-bond acceptors (Lipinski definition) is 3. The van der Waals surface area contributed by atoms with Gasteiger partial charge in [0.05, 0.1) is 13.1 Å². The number of nitrogens with one attached hydrogen (secondary N) is 2. The molecular weight excluding hydrogens is 402 g/mol. The molecule has 1 heterocycles. The first kappa shape index (κ1) is 21.3. The van der Waals surface area contributed by atoms with Crippen LogP contribution in [-0.2, 0) is 11.3 Å². The molecule has 0 aliphatic carbocycles. The lowest BCUT2D eigenvalue weighted by Gasteiger charge is -2.19. The quantitative estimate of drug-likeness (QED) is 0.538. The Balaban J connectivity index is 1.44. The summed E-state index contributed by atoms with van der Waals surface area (Å²) in [5.41, 5.74) is 3.51. The summed E-state index contributed by atoms with van der Waals surface area (Å²) >= 11 is 0. The van der Waals surface area contributed by atoms with E-state index in [9.17, 15) is 14.4 Å². The Morgan fingerprint density at radius 2 is 1.47 bits per heavy atom. The van der Waals surface area contributed by atoms with Crippen LogP contribution in [0.3, 0.4) is 0 Å². The molecule has 1 fully saturated rings. The highest BCUT2D eigenvalue weighted by atomic mass is 16.2. The molecule has 0 bridgehead atoms. The second-order valence-corrected chi connectivity index (χ2v) is 7.71. The summed E-state index contributed by atoms with van der Waals surface area (Å²) < 4.78 is 0. The molecule has 6 nitrogen and oxygen atoms in total. The molecule has 162 valence electrons. The summed E-state index contributed by atoms with van der Waals surface area (Å²) in [6.07, 6.45) is 0.745. The molecule has 32 heavy (non-hydrogen) atoms. The molecule has 3 aromatic rings. The Morgan fingerprint density at radius 1 is 0.875 bits per heavy atom. The maximum absolute atomic E-state index is 12.9. The molecule has 4 amide bonds. The molecule has 0 aromatic heterocycles. The number of carbonyl (C=O) groups is 3. The van der Waals surface area contributed by atoms with E-state index in [0.717, 1.165) is 11.3 Å². The summed E-state index contributed by atoms with van der Waals surface area (Å²) in [4.78, 5) is 37.9. The van der Waals surface area contributed by atoms with Gasteiger partial charge in [-0.15, -0.1) is 0 Å². The zero-order chi connectivity index (χ0) is 22.3. The lowest BCUT2D eigenvalue weighted by molar-refractivity contribution is -0.125. The fourth-order valence-electron chi connectivity index (χ4n) is 3.99. The van der Waals surface area contributed by atoms with Gasteiger partial charge in [0, 0.05) is 18.0 Å². The van der Waals surface area contributed by atoms with Crippen LogP contribution < -0.4 is 10.6 Å². The molecule has 6 heteroatoms. The van der Waals surface area contributed by atoms with Gasteiger partial charge in [0.1, 0.15) is 0 Å². The summed E-state index contributed by atoms with van der Waals surface area (Å²) in [5.74, 6) is -0.342. The van der Waals surface area contributed by atoms with Crippen LogP contribution >= 0.6 is 0 Å². The first-order valence-electron chi connectivity index (χ1n) is 10.7. The number of hydrogen-bond donors (Lipinski definition) is 2. The van der Waals surface area contributed by atoms with E-state index < -0.39 is 6.03 Å². The predicted molar refractivity (Wildman–Crippen MR) is 122 cm³/mol. The van der Waals surface area contributed by atoms with Crippen LogP contribution in [0.2, 0.25) is 0 Å². The number of rotatable bonds is 8. The Morgan fingerprint density at radius 3 is 2.06 bits per heavy atom. The monoisotopic (exact) mass is 427 g/mol. The van der Waals surface area contributed by atoms with Crippen molar-refractivity contribution in [1.29, 1.82) is 0 Å². The fourth-order valence-corrected chi connectivity index (χ4v) is 3.99. The van der Waals surface area contributed by atoms with Crippen LogP contribution in [0.15, 0.2) is 84.9 Å². The van der Waals surface area contributed by atoms with Gasteiger partial charge in [-0.3, -0.25) is 14.5 Å². The molecule has 1 aliphatic heterocycles. The largest absolute Gasteiger partial charge is 0.352 e. The van der Waals surface area contributed by atoms with Gasteiger partial charge < -0.3 is 10.6 Å². The van der Waals surface area contributed by atoms with E-state index in [1.54, 1.807) is 24.3 Å². The van der Waals surface area contributed by atoms with Gasteiger partial charge in [0.2, 0.25) is 5.91 Å². The summed E-state index contributed by atoms with van der Waals surface area (Å²) in [6, 6.07) is 27.1. The maximum Gasteiger partial charge on any atom is 0.324 e. The summed E-state index contributed by atoms with van der Waals surface area (Å²) in [7, 11) is 0. The number of imide groups is 1. The van der Waals surface area contributed by atoms with Gasteiger partial charge in [-0.2, -0.15) is 0 Å². The Kier molecular flexibility index (Phi) is 6.60. The molecule has 1 saturated heterocycles. The van der Waals surface area contributed by atoms with Crippen molar-refractivity contribution in [2.75, 3.05) is 13.1 Å². The van der Waals surface area contributed by atoms with Gasteiger partial charge in [0.25, 0.3) is 5.91 Å². The SMILES string of the molecule is O=C(NCCC(c1ccccc1)c1ccccc1)c1ccccc1CN1C(=O)CNC1=O. The fraction of sp³-hybridized carbons (Fsp3) is 0.192. The van der Waals surface area contributed by atoms with Crippen molar-refractivity contribution in [2.24, 2.45) is 0 Å². The standard InChI is InChI=1S/C26H25N3O3/c30-24-17-28-26(32)29(24)18-21-13-7-8-14-23(21)25(31)27-16-15-22(19-9-3-1-4-10-19)20-11-5-2-6-12-20/h1-14,22H,15-18H2,(H,27,31)(H,28,32). The lowest BCUT2D eigenvalue weighted by Crippen LogP contribution is -2.32. The summed E-state index contributed by atoms with van der Waals surface area (Å²) in [5, 5.41) is 5.52. The number of amides is 4. The number of nitrogens with zero attached hydrogens (tertiary/aromatic N) is 1. The molecule has 0 unspecified atom stereocenters. The average molecular weight is 428 g/mol. The number of carbonyl (C=O) groups excluding carboxylic acids is 3. The van der Waals surface area contributed by atoms with Crippen LogP contribution in [0.5, 0.6) is 0 Å². The first-order valence-corrected chi connectivity index (χ1v) is 10.7. The van der Waals surface area contributed by atoms with Gasteiger partial charge in [0.15, 0.2) is 0 Å². The van der Waals surface area contributed by atoms with Crippen molar-refractivity contribution in [3.05, 3.63) is 107 Å². The number of urea groups is 1. The molecule has 2 N–H and O–H groups in total. The van der Waals surface area contributed by atoms with Gasteiger partial charge in [-0.1, -0.05) is 78.9 Å². The minimum Gasteiger partial charge on any atom is -0.352 e. The van der Waals surface area contributed by atoms with E-state index in [4.69, 9.17) is 0 Å². The smallest absolute Gasteiger partial charge is 0.324 e. The molecule has 0 spiro atoms. The highest BCUT2D eigenvalue weighted by Crippen LogP contribution is 2.27. The third-order valence-corrected chi connectivity index (χ3v) is 5.65. The zero-order valence-electron chi connectivity index (χ0n) is 17.7. The van der Waals surface area contributed by atoms with Crippen molar-refractivity contribution in [1.82, 2.24) is 15.5 Å². The topological polar surface area (TPSA) is 78.5 Å². The second-order valence-electron chi connectivity index (χ2n) is 7.71. The van der Waals surface area contributed by atoms with Crippen molar-refractivity contribution in [2.45, 2.75) is 18.9 Å². The molecule has 0 atom stereocenters. The molecule has 3 aromatic carbocycles. The lowest BCUT2D eigenvalue weighted by atomic mass is 9.88. The first-order chi connectivity index (χ1) is 15.6. The minimum absolute atomic E-state index is 0.00639. The van der Waals surface area contributed by atoms with Gasteiger partial charge in [-0.05, 0) is 29.2 Å². The van der Waals surface area contributed by atoms with E-state index >= 15 is 0 Å². The highest BCUT2D eigenvalue weighted by molar-refractivity contribution is 6.02. The molecule has 1 aliphatic rings. The molecule has 0 saturated carbocycles. The van der Waals surface area contributed by atoms with Gasteiger partial charge >= 0.3 is 6.03 Å². The van der Waals surface area contributed by atoms with Crippen LogP contribution in [0.25, 0.3) is 0 Å². The Bertz CT molecular complexity index is 1040. The third-order valence-electron chi connectivity index (χ3n) is 5.65. The van der Waals surface area contributed by atoms with Crippen molar-refractivity contribution < 1.29 is 14.4 Å². The Hall–Kier alpha value is -3.93. The third kappa shape index (κ3) is 4.86. The maximum atomic E-state index is 12.9. The molecular formula is C26H25N3O3. The molecule has 4 rings (SSSR count). The van der Waals surface area contributed by atoms with E-state index in [0.29, 0.717) is 17.7 Å². The van der Waals surface area contributed by atoms with Crippen LogP contribution in [0.1, 0.15) is 39.4 Å². The van der Waals surface area contributed by atoms with Crippen molar-refractivity contribution >= 4 is 17.8 Å². The average Bonchev–Trinajstić information content (AvgIpc) is 3.15. The number of benzene rings is 3. The minimum atomic E-state index is -0.432.